The van der Waals surface area contributed by atoms with Gasteiger partial charge in [-0.25, -0.2) is 0 Å². The SMILES string of the molecule is CCCCCCCCCCCCCCCC[C@@H](O)COC(c1ccccc1)(c1ccccc1)c1ccccc1. The number of hydrogen-bond acceptors (Lipinski definition) is 2. The zero-order chi connectivity index (χ0) is 27.4. The molecule has 3 aromatic carbocycles. The van der Waals surface area contributed by atoms with E-state index in [-0.39, 0.29) is 0 Å². The molecule has 0 bridgehead atoms. The van der Waals surface area contributed by atoms with Gasteiger partial charge in [0.1, 0.15) is 5.60 Å². The van der Waals surface area contributed by atoms with Gasteiger partial charge in [0.05, 0.1) is 12.7 Å². The maximum atomic E-state index is 10.9. The van der Waals surface area contributed by atoms with E-state index in [0.29, 0.717) is 6.61 Å². The molecule has 1 N–H and O–H groups in total. The Kier molecular flexibility index (Phi) is 15.0. The molecule has 3 aromatic rings. The first-order chi connectivity index (χ1) is 19.3. The van der Waals surface area contributed by atoms with Crippen LogP contribution < -0.4 is 0 Å². The lowest BCUT2D eigenvalue weighted by Crippen LogP contribution is -2.35. The summed E-state index contributed by atoms with van der Waals surface area (Å²) in [6.07, 6.45) is 19.1. The van der Waals surface area contributed by atoms with Gasteiger partial charge in [0.15, 0.2) is 0 Å². The van der Waals surface area contributed by atoms with Crippen LogP contribution in [0.2, 0.25) is 0 Å². The Morgan fingerprint density at radius 2 is 0.846 bits per heavy atom. The number of hydrogen-bond donors (Lipinski definition) is 1. The van der Waals surface area contributed by atoms with Gasteiger partial charge in [-0.05, 0) is 23.1 Å². The van der Waals surface area contributed by atoms with Crippen LogP contribution in [0.1, 0.15) is 120 Å². The van der Waals surface area contributed by atoms with Gasteiger partial charge in [-0.3, -0.25) is 0 Å². The number of aliphatic hydroxyl groups is 1. The highest BCUT2D eigenvalue weighted by molar-refractivity contribution is 5.47. The third-order valence-electron chi connectivity index (χ3n) is 7.92. The number of rotatable bonds is 21. The molecular weight excluding hydrogens is 476 g/mol. The van der Waals surface area contributed by atoms with E-state index in [4.69, 9.17) is 4.74 Å². The topological polar surface area (TPSA) is 29.5 Å². The first-order valence-electron chi connectivity index (χ1n) is 15.8. The summed E-state index contributed by atoms with van der Waals surface area (Å²) < 4.78 is 6.77. The number of aliphatic hydroxyl groups excluding tert-OH is 1. The van der Waals surface area contributed by atoms with Crippen molar-refractivity contribution in [1.29, 1.82) is 0 Å². The third kappa shape index (κ3) is 10.6. The molecule has 212 valence electrons. The molecule has 0 spiro atoms. The van der Waals surface area contributed by atoms with Gasteiger partial charge in [-0.1, -0.05) is 188 Å². The van der Waals surface area contributed by atoms with Crippen LogP contribution in [0.25, 0.3) is 0 Å². The minimum Gasteiger partial charge on any atom is -0.391 e. The van der Waals surface area contributed by atoms with Crippen molar-refractivity contribution in [1.82, 2.24) is 0 Å². The molecule has 0 saturated carbocycles. The van der Waals surface area contributed by atoms with Crippen molar-refractivity contribution in [3.63, 3.8) is 0 Å². The molecule has 0 unspecified atom stereocenters. The zero-order valence-corrected chi connectivity index (χ0v) is 24.4. The zero-order valence-electron chi connectivity index (χ0n) is 24.4. The maximum absolute atomic E-state index is 10.9. The molecule has 0 saturated heterocycles. The van der Waals surface area contributed by atoms with Crippen LogP contribution >= 0.6 is 0 Å². The van der Waals surface area contributed by atoms with E-state index in [2.05, 4.69) is 79.7 Å². The van der Waals surface area contributed by atoms with Crippen molar-refractivity contribution in [2.45, 2.75) is 115 Å². The molecule has 0 amide bonds. The van der Waals surface area contributed by atoms with Crippen LogP contribution in [0.3, 0.4) is 0 Å². The molecule has 0 aromatic heterocycles. The molecule has 0 fully saturated rings. The maximum Gasteiger partial charge on any atom is 0.143 e. The first-order valence-corrected chi connectivity index (χ1v) is 15.8. The van der Waals surface area contributed by atoms with Crippen molar-refractivity contribution in [3.05, 3.63) is 108 Å². The fraction of sp³-hybridized carbons (Fsp3) is 0.514. The molecule has 0 heterocycles. The summed E-state index contributed by atoms with van der Waals surface area (Å²) in [5.41, 5.74) is 2.46. The van der Waals surface area contributed by atoms with Crippen molar-refractivity contribution in [3.8, 4) is 0 Å². The lowest BCUT2D eigenvalue weighted by atomic mass is 9.80. The van der Waals surface area contributed by atoms with Crippen LogP contribution in [-0.2, 0) is 10.3 Å². The van der Waals surface area contributed by atoms with Gasteiger partial charge in [0, 0.05) is 0 Å². The third-order valence-corrected chi connectivity index (χ3v) is 7.92. The number of ether oxygens (including phenoxy) is 1. The van der Waals surface area contributed by atoms with E-state index in [9.17, 15) is 5.11 Å². The summed E-state index contributed by atoms with van der Waals surface area (Å²) in [4.78, 5) is 0. The Bertz CT molecular complexity index is 873. The summed E-state index contributed by atoms with van der Waals surface area (Å²) >= 11 is 0. The standard InChI is InChI=1S/C37H52O2/c1-2-3-4-5-6-7-8-9-10-11-12-13-14-24-31-36(38)32-39-37(33-25-18-15-19-26-33,34-27-20-16-21-28-34)35-29-22-17-23-30-35/h15-23,25-30,36,38H,2-14,24,31-32H2,1H3/t36-/m1/s1. The second-order valence-corrected chi connectivity index (χ2v) is 11.1. The quantitative estimate of drug-likeness (QED) is 0.110. The van der Waals surface area contributed by atoms with Crippen molar-refractivity contribution < 1.29 is 9.84 Å². The summed E-state index contributed by atoms with van der Waals surface area (Å²) in [6, 6.07) is 31.2. The summed E-state index contributed by atoms with van der Waals surface area (Å²) in [5, 5.41) is 10.9. The number of benzene rings is 3. The molecule has 0 radical (unpaired) electrons. The molecule has 39 heavy (non-hydrogen) atoms. The minimum absolute atomic E-state index is 0.303. The molecule has 2 nitrogen and oxygen atoms in total. The van der Waals surface area contributed by atoms with Crippen LogP contribution in [0.5, 0.6) is 0 Å². The average molecular weight is 529 g/mol. The van der Waals surface area contributed by atoms with E-state index in [1.165, 1.54) is 83.5 Å². The van der Waals surface area contributed by atoms with Gasteiger partial charge in [0.25, 0.3) is 0 Å². The van der Waals surface area contributed by atoms with Crippen LogP contribution in [0.4, 0.5) is 0 Å². The Labute approximate surface area is 238 Å². The van der Waals surface area contributed by atoms with Gasteiger partial charge < -0.3 is 9.84 Å². The molecule has 0 aliphatic rings. The van der Waals surface area contributed by atoms with Crippen molar-refractivity contribution in [2.75, 3.05) is 6.61 Å². The number of unbranched alkanes of at least 4 members (excludes halogenated alkanes) is 13. The molecule has 3 rings (SSSR count). The molecule has 1 atom stereocenters. The van der Waals surface area contributed by atoms with E-state index >= 15 is 0 Å². The normalized spacial score (nSPS) is 12.5. The lowest BCUT2D eigenvalue weighted by Gasteiger charge is -2.36. The predicted octanol–water partition coefficient (Wildman–Crippen LogP) is 10.2. The van der Waals surface area contributed by atoms with Gasteiger partial charge in [-0.2, -0.15) is 0 Å². The minimum atomic E-state index is -0.764. The van der Waals surface area contributed by atoms with E-state index in [1.54, 1.807) is 0 Å². The average Bonchev–Trinajstić information content (AvgIpc) is 2.99. The van der Waals surface area contributed by atoms with Crippen molar-refractivity contribution >= 4 is 0 Å². The second-order valence-electron chi connectivity index (χ2n) is 11.1. The van der Waals surface area contributed by atoms with Crippen molar-refractivity contribution in [2.24, 2.45) is 0 Å². The Morgan fingerprint density at radius 1 is 0.513 bits per heavy atom. The monoisotopic (exact) mass is 528 g/mol. The summed E-state index contributed by atoms with van der Waals surface area (Å²) in [7, 11) is 0. The summed E-state index contributed by atoms with van der Waals surface area (Å²) in [6.45, 7) is 2.59. The highest BCUT2D eigenvalue weighted by Gasteiger charge is 2.37. The van der Waals surface area contributed by atoms with E-state index in [0.717, 1.165) is 29.5 Å². The van der Waals surface area contributed by atoms with E-state index < -0.39 is 11.7 Å². The fourth-order valence-corrected chi connectivity index (χ4v) is 5.65. The van der Waals surface area contributed by atoms with Gasteiger partial charge >= 0.3 is 0 Å². The van der Waals surface area contributed by atoms with E-state index in [1.807, 2.05) is 18.2 Å². The van der Waals surface area contributed by atoms with Crippen LogP contribution in [-0.4, -0.2) is 17.8 Å². The fourth-order valence-electron chi connectivity index (χ4n) is 5.65. The van der Waals surface area contributed by atoms with Gasteiger partial charge in [-0.15, -0.1) is 0 Å². The molecule has 2 heteroatoms. The Morgan fingerprint density at radius 3 is 1.21 bits per heavy atom. The Hall–Kier alpha value is -2.42. The Balaban J connectivity index is 1.42. The lowest BCUT2D eigenvalue weighted by molar-refractivity contribution is -0.0405. The smallest absolute Gasteiger partial charge is 0.143 e. The largest absolute Gasteiger partial charge is 0.391 e. The predicted molar refractivity (Wildman–Crippen MR) is 166 cm³/mol. The first kappa shape index (κ1) is 31.1. The van der Waals surface area contributed by atoms with Gasteiger partial charge in [0.2, 0.25) is 0 Å². The summed E-state index contributed by atoms with van der Waals surface area (Å²) in [5.74, 6) is 0. The van der Waals surface area contributed by atoms with Crippen LogP contribution in [0, 0.1) is 0 Å². The second kappa shape index (κ2) is 18.8. The highest BCUT2D eigenvalue weighted by Crippen LogP contribution is 2.40. The molecule has 0 aliphatic carbocycles. The molecular formula is C37H52O2. The molecule has 0 aliphatic heterocycles. The highest BCUT2D eigenvalue weighted by atomic mass is 16.5. The van der Waals surface area contributed by atoms with Crippen LogP contribution in [0.15, 0.2) is 91.0 Å².